The first-order chi connectivity index (χ1) is 15.4. The Hall–Kier alpha value is -1.85. The van der Waals surface area contributed by atoms with Gasteiger partial charge in [0.05, 0.1) is 13.2 Å². The molecule has 0 spiro atoms. The summed E-state index contributed by atoms with van der Waals surface area (Å²) < 4.78 is 17.0. The topological polar surface area (TPSA) is 65.0 Å². The Morgan fingerprint density at radius 3 is 2.30 bits per heavy atom. The number of hydrogen-bond donors (Lipinski definition) is 1. The lowest BCUT2D eigenvalue weighted by Crippen LogP contribution is -2.43. The van der Waals surface area contributed by atoms with Gasteiger partial charge in [0.1, 0.15) is 12.2 Å². The largest absolute Gasteiger partial charge is 0.490 e. The van der Waals surface area contributed by atoms with Gasteiger partial charge in [0, 0.05) is 13.0 Å². The van der Waals surface area contributed by atoms with E-state index in [0.29, 0.717) is 17.8 Å². The third-order valence-corrected chi connectivity index (χ3v) is 6.94. The van der Waals surface area contributed by atoms with Gasteiger partial charge in [0.2, 0.25) is 5.76 Å². The summed E-state index contributed by atoms with van der Waals surface area (Å²) in [7, 11) is 3.06. The fourth-order valence-corrected chi connectivity index (χ4v) is 4.41. The minimum absolute atomic E-state index is 0.00951. The Morgan fingerprint density at radius 2 is 1.76 bits per heavy atom. The number of rotatable bonds is 5. The Bertz CT molecular complexity index is 745. The van der Waals surface area contributed by atoms with Crippen LogP contribution in [0.25, 0.3) is 0 Å². The summed E-state index contributed by atoms with van der Waals surface area (Å²) in [6.45, 7) is 16.6. The summed E-state index contributed by atoms with van der Waals surface area (Å²) in [6, 6.07) is 0. The number of hydrogen-bond acceptors (Lipinski definition) is 5. The molecule has 5 heteroatoms. The van der Waals surface area contributed by atoms with Gasteiger partial charge in [-0.2, -0.15) is 0 Å². The van der Waals surface area contributed by atoms with E-state index in [1.54, 1.807) is 13.2 Å². The van der Waals surface area contributed by atoms with Gasteiger partial charge in [0.15, 0.2) is 0 Å². The highest BCUT2D eigenvalue weighted by Crippen LogP contribution is 2.29. The summed E-state index contributed by atoms with van der Waals surface area (Å²) in [5, 5.41) is 10.7. The fourth-order valence-electron chi connectivity index (χ4n) is 4.41. The molecule has 188 valence electrons. The second-order valence-corrected chi connectivity index (χ2v) is 10.1. The van der Waals surface area contributed by atoms with E-state index < -0.39 is 24.3 Å². The van der Waals surface area contributed by atoms with Gasteiger partial charge in [0.25, 0.3) is 0 Å². The molecule has 1 heterocycles. The molecule has 5 nitrogen and oxygen atoms in total. The Kier molecular flexibility index (Phi) is 12.2. The third-order valence-electron chi connectivity index (χ3n) is 6.94. The van der Waals surface area contributed by atoms with Crippen molar-refractivity contribution in [2.75, 3.05) is 14.2 Å². The van der Waals surface area contributed by atoms with Crippen LogP contribution >= 0.6 is 0 Å². The quantitative estimate of drug-likeness (QED) is 0.519. The highest BCUT2D eigenvalue weighted by atomic mass is 16.6. The van der Waals surface area contributed by atoms with Gasteiger partial charge in [-0.3, -0.25) is 0 Å². The van der Waals surface area contributed by atoms with Crippen molar-refractivity contribution in [3.63, 3.8) is 0 Å². The van der Waals surface area contributed by atoms with Crippen LogP contribution in [0.5, 0.6) is 0 Å². The van der Waals surface area contributed by atoms with Crippen LogP contribution in [0.4, 0.5) is 0 Å². The summed E-state index contributed by atoms with van der Waals surface area (Å²) >= 11 is 0. The monoisotopic (exact) mass is 462 g/mol. The molecule has 0 aromatic heterocycles. The first kappa shape index (κ1) is 29.2. The lowest BCUT2D eigenvalue weighted by Gasteiger charge is -2.33. The molecule has 0 aromatic rings. The van der Waals surface area contributed by atoms with Gasteiger partial charge < -0.3 is 19.3 Å². The van der Waals surface area contributed by atoms with Crippen molar-refractivity contribution in [3.05, 3.63) is 47.3 Å². The van der Waals surface area contributed by atoms with Crippen LogP contribution in [0.1, 0.15) is 61.8 Å². The van der Waals surface area contributed by atoms with Gasteiger partial charge >= 0.3 is 5.97 Å². The summed E-state index contributed by atoms with van der Waals surface area (Å²) in [6.07, 6.45) is 9.01. The summed E-state index contributed by atoms with van der Waals surface area (Å²) in [4.78, 5) is 13.1. The summed E-state index contributed by atoms with van der Waals surface area (Å²) in [5.41, 5.74) is 2.23. The highest BCUT2D eigenvalue weighted by molar-refractivity contribution is 5.87. The molecular weight excluding hydrogens is 416 g/mol. The van der Waals surface area contributed by atoms with Gasteiger partial charge in [-0.15, -0.1) is 0 Å². The molecule has 1 unspecified atom stereocenters. The van der Waals surface area contributed by atoms with E-state index in [1.807, 2.05) is 39.8 Å². The van der Waals surface area contributed by atoms with Gasteiger partial charge in [-0.25, -0.2) is 4.79 Å². The minimum atomic E-state index is -0.682. The number of ether oxygens (including phenoxy) is 3. The zero-order valence-electron chi connectivity index (χ0n) is 22.3. The van der Waals surface area contributed by atoms with Gasteiger partial charge in [-0.05, 0) is 50.0 Å². The molecule has 1 aliphatic heterocycles. The molecule has 0 aromatic carbocycles. The van der Waals surface area contributed by atoms with Crippen LogP contribution in [0.15, 0.2) is 47.3 Å². The van der Waals surface area contributed by atoms with Crippen molar-refractivity contribution >= 4 is 5.97 Å². The molecule has 1 aliphatic rings. The second-order valence-electron chi connectivity index (χ2n) is 10.1. The highest BCUT2D eigenvalue weighted by Gasteiger charge is 2.35. The van der Waals surface area contributed by atoms with Crippen molar-refractivity contribution in [2.24, 2.45) is 29.6 Å². The van der Waals surface area contributed by atoms with Crippen molar-refractivity contribution in [1.29, 1.82) is 0 Å². The zero-order chi connectivity index (χ0) is 25.3. The Morgan fingerprint density at radius 1 is 1.12 bits per heavy atom. The molecule has 1 N–H and O–H groups in total. The van der Waals surface area contributed by atoms with E-state index in [-0.39, 0.29) is 17.6 Å². The minimum Gasteiger partial charge on any atom is -0.490 e. The lowest BCUT2D eigenvalue weighted by atomic mass is 9.81. The van der Waals surface area contributed by atoms with E-state index in [2.05, 4.69) is 39.8 Å². The molecule has 0 bridgehead atoms. The predicted molar refractivity (Wildman–Crippen MR) is 135 cm³/mol. The molecule has 0 radical (unpaired) electrons. The first-order valence-electron chi connectivity index (χ1n) is 12.1. The molecule has 7 atom stereocenters. The van der Waals surface area contributed by atoms with Crippen LogP contribution in [-0.4, -0.2) is 43.6 Å². The number of esters is 1. The van der Waals surface area contributed by atoms with Crippen LogP contribution in [-0.2, 0) is 19.0 Å². The van der Waals surface area contributed by atoms with Crippen LogP contribution in [0.3, 0.4) is 0 Å². The van der Waals surface area contributed by atoms with Crippen molar-refractivity contribution in [1.82, 2.24) is 0 Å². The molecule has 1 rings (SSSR count). The molecule has 0 saturated heterocycles. The lowest BCUT2D eigenvalue weighted by molar-refractivity contribution is -0.161. The smallest absolute Gasteiger partial charge is 0.373 e. The maximum absolute atomic E-state index is 13.1. The molecule has 0 fully saturated rings. The Labute approximate surface area is 201 Å². The number of aliphatic hydroxyl groups is 1. The average molecular weight is 463 g/mol. The van der Waals surface area contributed by atoms with E-state index in [1.165, 1.54) is 12.7 Å². The Balaban J connectivity index is 3.50. The normalized spacial score (nSPS) is 35.8. The van der Waals surface area contributed by atoms with E-state index in [4.69, 9.17) is 14.2 Å². The average Bonchev–Trinajstić information content (AvgIpc) is 2.76. The number of cyclic esters (lactones) is 1. The molecule has 0 aliphatic carbocycles. The first-order valence-corrected chi connectivity index (χ1v) is 12.1. The van der Waals surface area contributed by atoms with E-state index >= 15 is 0 Å². The van der Waals surface area contributed by atoms with Gasteiger partial charge in [-0.1, -0.05) is 77.0 Å². The number of aliphatic hydroxyl groups excluding tert-OH is 1. The number of carbonyl (C=O) groups excluding carboxylic acids is 1. The number of methoxy groups -OCH3 is 2. The molecule has 0 saturated carbocycles. The standard InChI is InChI=1S/C28H46O5/c1-17(2)26(29)23(8)27-24(31-9)13-11-12-18(3)14-20(5)22(7)21(6)15-19(4)16-25(32-10)28(30)33-27/h11-13,15-17,20-24,26-27,29H,14H2,1-10H3/b13-11+,18-12+,19-15+,25-16-/t20-,21?,22-,23-,24-,26-,27+/m0/s1. The third kappa shape index (κ3) is 8.78. The molecule has 33 heavy (non-hydrogen) atoms. The molecular formula is C28H46O5. The van der Waals surface area contributed by atoms with E-state index in [0.717, 1.165) is 12.0 Å². The predicted octanol–water partition coefficient (Wildman–Crippen LogP) is 5.86. The van der Waals surface area contributed by atoms with Crippen molar-refractivity contribution in [3.8, 4) is 0 Å². The number of carbonyl (C=O) groups is 1. The maximum atomic E-state index is 13.1. The van der Waals surface area contributed by atoms with Crippen molar-refractivity contribution in [2.45, 2.75) is 80.1 Å². The van der Waals surface area contributed by atoms with Crippen LogP contribution in [0.2, 0.25) is 0 Å². The second kappa shape index (κ2) is 13.8. The number of allylic oxidation sites excluding steroid dienone is 6. The van der Waals surface area contributed by atoms with Crippen LogP contribution < -0.4 is 0 Å². The maximum Gasteiger partial charge on any atom is 0.373 e. The zero-order valence-corrected chi connectivity index (χ0v) is 22.3. The summed E-state index contributed by atoms with van der Waals surface area (Å²) in [5.74, 6) is 0.549. The van der Waals surface area contributed by atoms with Crippen LogP contribution in [0, 0.1) is 29.6 Å². The van der Waals surface area contributed by atoms with Crippen molar-refractivity contribution < 1.29 is 24.1 Å². The SMILES string of the molecule is CO/C1=C\C(C)=C\C(C)[C@@H](C)[C@@H](C)C/C(C)=C/C=C/[C@H](OC)[C@@H]([C@@H](C)[C@@H](O)C(C)C)OC1=O. The fraction of sp³-hybridized carbons (Fsp3) is 0.679. The van der Waals surface area contributed by atoms with E-state index in [9.17, 15) is 9.90 Å². The molecule has 0 amide bonds.